The van der Waals surface area contributed by atoms with E-state index in [4.69, 9.17) is 17.3 Å². The predicted molar refractivity (Wildman–Crippen MR) is 90.0 cm³/mol. The Morgan fingerprint density at radius 2 is 1.67 bits per heavy atom. The Hall–Kier alpha value is -0.770. The van der Waals surface area contributed by atoms with Gasteiger partial charge in [-0.1, -0.05) is 24.4 Å². The highest BCUT2D eigenvalue weighted by Crippen LogP contribution is 2.30. The number of anilines is 1. The number of nitrogens with two attached hydrogens (primary N) is 1. The SMILES string of the molecule is NCC(C1CCCC1)N1CCN(c2ccc(Cl)cc2)CC1. The Kier molecular flexibility index (Phi) is 5.04. The molecule has 2 fully saturated rings. The number of piperazine rings is 1. The average molecular weight is 308 g/mol. The molecule has 0 amide bonds. The molecule has 4 heteroatoms. The zero-order valence-electron chi connectivity index (χ0n) is 12.7. The Morgan fingerprint density at radius 3 is 2.24 bits per heavy atom. The van der Waals surface area contributed by atoms with E-state index in [9.17, 15) is 0 Å². The van der Waals surface area contributed by atoms with E-state index in [1.54, 1.807) is 0 Å². The minimum absolute atomic E-state index is 0.597. The minimum atomic E-state index is 0.597. The van der Waals surface area contributed by atoms with Gasteiger partial charge in [0.1, 0.15) is 0 Å². The Morgan fingerprint density at radius 1 is 1.05 bits per heavy atom. The molecule has 0 radical (unpaired) electrons. The van der Waals surface area contributed by atoms with E-state index in [1.807, 2.05) is 12.1 Å². The van der Waals surface area contributed by atoms with Gasteiger partial charge in [0.15, 0.2) is 0 Å². The molecule has 116 valence electrons. The fraction of sp³-hybridized carbons (Fsp3) is 0.647. The molecule has 3 rings (SSSR count). The molecule has 1 aliphatic carbocycles. The molecule has 1 unspecified atom stereocenters. The summed E-state index contributed by atoms with van der Waals surface area (Å²) >= 11 is 5.97. The number of benzene rings is 1. The van der Waals surface area contributed by atoms with Gasteiger partial charge in [0, 0.05) is 49.5 Å². The lowest BCUT2D eigenvalue weighted by Gasteiger charge is -2.42. The van der Waals surface area contributed by atoms with Crippen molar-refractivity contribution in [1.82, 2.24) is 4.90 Å². The van der Waals surface area contributed by atoms with E-state index in [0.717, 1.165) is 43.7 Å². The molecule has 3 nitrogen and oxygen atoms in total. The van der Waals surface area contributed by atoms with Crippen LogP contribution in [-0.2, 0) is 0 Å². The van der Waals surface area contributed by atoms with Crippen LogP contribution in [-0.4, -0.2) is 43.7 Å². The first-order valence-corrected chi connectivity index (χ1v) is 8.60. The molecule has 1 heterocycles. The van der Waals surface area contributed by atoms with E-state index >= 15 is 0 Å². The van der Waals surface area contributed by atoms with Gasteiger partial charge in [-0.3, -0.25) is 4.90 Å². The molecule has 1 atom stereocenters. The van der Waals surface area contributed by atoms with Gasteiger partial charge in [-0.25, -0.2) is 0 Å². The zero-order chi connectivity index (χ0) is 14.7. The summed E-state index contributed by atoms with van der Waals surface area (Å²) in [4.78, 5) is 5.08. The van der Waals surface area contributed by atoms with Gasteiger partial charge in [-0.05, 0) is 43.0 Å². The van der Waals surface area contributed by atoms with Crippen LogP contribution in [0.3, 0.4) is 0 Å². The summed E-state index contributed by atoms with van der Waals surface area (Å²) in [5.74, 6) is 0.831. The standard InChI is InChI=1S/C17H26ClN3/c18-15-5-7-16(8-6-15)20-9-11-21(12-10-20)17(13-19)14-3-1-2-4-14/h5-8,14,17H,1-4,9-13,19H2. The summed E-state index contributed by atoms with van der Waals surface area (Å²) in [6.07, 6.45) is 5.54. The Bertz CT molecular complexity index is 434. The summed E-state index contributed by atoms with van der Waals surface area (Å²) in [6.45, 7) is 5.24. The van der Waals surface area contributed by atoms with Crippen molar-refractivity contribution in [3.63, 3.8) is 0 Å². The van der Waals surface area contributed by atoms with Crippen LogP contribution in [0.5, 0.6) is 0 Å². The third-order valence-corrected chi connectivity index (χ3v) is 5.41. The molecule has 1 aliphatic heterocycles. The molecule has 21 heavy (non-hydrogen) atoms. The van der Waals surface area contributed by atoms with Crippen LogP contribution in [0.1, 0.15) is 25.7 Å². The second-order valence-corrected chi connectivity index (χ2v) is 6.78. The summed E-state index contributed by atoms with van der Waals surface area (Å²) in [6, 6.07) is 8.79. The molecule has 1 saturated heterocycles. The van der Waals surface area contributed by atoms with Gasteiger partial charge < -0.3 is 10.6 Å². The average Bonchev–Trinajstić information content (AvgIpc) is 3.04. The van der Waals surface area contributed by atoms with E-state index in [0.29, 0.717) is 6.04 Å². The lowest BCUT2D eigenvalue weighted by atomic mass is 9.96. The van der Waals surface area contributed by atoms with Crippen LogP contribution >= 0.6 is 11.6 Å². The number of rotatable bonds is 4. The van der Waals surface area contributed by atoms with Crippen LogP contribution in [0.15, 0.2) is 24.3 Å². The fourth-order valence-corrected chi connectivity index (χ4v) is 4.07. The van der Waals surface area contributed by atoms with Crippen molar-refractivity contribution >= 4 is 17.3 Å². The minimum Gasteiger partial charge on any atom is -0.369 e. The van der Waals surface area contributed by atoms with Gasteiger partial charge in [-0.15, -0.1) is 0 Å². The smallest absolute Gasteiger partial charge is 0.0407 e. The van der Waals surface area contributed by atoms with Gasteiger partial charge in [0.25, 0.3) is 0 Å². The molecular weight excluding hydrogens is 282 g/mol. The summed E-state index contributed by atoms with van der Waals surface area (Å²) < 4.78 is 0. The van der Waals surface area contributed by atoms with E-state index in [2.05, 4.69) is 21.9 Å². The van der Waals surface area contributed by atoms with E-state index in [-0.39, 0.29) is 0 Å². The highest BCUT2D eigenvalue weighted by atomic mass is 35.5. The Labute approximate surface area is 133 Å². The van der Waals surface area contributed by atoms with Crippen molar-refractivity contribution in [2.45, 2.75) is 31.7 Å². The largest absolute Gasteiger partial charge is 0.369 e. The number of nitrogens with zero attached hydrogens (tertiary/aromatic N) is 2. The third kappa shape index (κ3) is 3.53. The molecule has 1 aromatic rings. The van der Waals surface area contributed by atoms with Crippen molar-refractivity contribution in [3.8, 4) is 0 Å². The van der Waals surface area contributed by atoms with Gasteiger partial charge in [0.2, 0.25) is 0 Å². The first kappa shape index (κ1) is 15.1. The zero-order valence-corrected chi connectivity index (χ0v) is 13.4. The molecule has 0 spiro atoms. The highest BCUT2D eigenvalue weighted by Gasteiger charge is 2.30. The quantitative estimate of drug-likeness (QED) is 0.928. The van der Waals surface area contributed by atoms with Crippen LogP contribution in [0.4, 0.5) is 5.69 Å². The maximum absolute atomic E-state index is 6.08. The van der Waals surface area contributed by atoms with Crippen molar-refractivity contribution in [1.29, 1.82) is 0 Å². The Balaban J connectivity index is 1.57. The van der Waals surface area contributed by atoms with Crippen LogP contribution in [0, 0.1) is 5.92 Å². The van der Waals surface area contributed by atoms with Crippen LogP contribution < -0.4 is 10.6 Å². The normalized spacial score (nSPS) is 22.7. The maximum atomic E-state index is 6.08. The van der Waals surface area contributed by atoms with E-state index < -0.39 is 0 Å². The van der Waals surface area contributed by atoms with Gasteiger partial charge in [-0.2, -0.15) is 0 Å². The topological polar surface area (TPSA) is 32.5 Å². The molecule has 1 aromatic carbocycles. The van der Waals surface area contributed by atoms with Crippen LogP contribution in [0.25, 0.3) is 0 Å². The third-order valence-electron chi connectivity index (χ3n) is 5.16. The predicted octanol–water partition coefficient (Wildman–Crippen LogP) is 2.98. The second-order valence-electron chi connectivity index (χ2n) is 6.35. The number of hydrogen-bond acceptors (Lipinski definition) is 3. The molecule has 0 bridgehead atoms. The first-order chi connectivity index (χ1) is 10.3. The second kappa shape index (κ2) is 6.99. The molecule has 2 aliphatic rings. The van der Waals surface area contributed by atoms with Crippen molar-refractivity contribution in [3.05, 3.63) is 29.3 Å². The molecule has 2 N–H and O–H groups in total. The van der Waals surface area contributed by atoms with Gasteiger partial charge in [0.05, 0.1) is 0 Å². The lowest BCUT2D eigenvalue weighted by Crippen LogP contribution is -2.54. The molecular formula is C17H26ClN3. The fourth-order valence-electron chi connectivity index (χ4n) is 3.95. The van der Waals surface area contributed by atoms with Crippen molar-refractivity contribution < 1.29 is 0 Å². The summed E-state index contributed by atoms with van der Waals surface area (Å²) in [5.41, 5.74) is 7.36. The maximum Gasteiger partial charge on any atom is 0.0407 e. The monoisotopic (exact) mass is 307 g/mol. The van der Waals surface area contributed by atoms with E-state index in [1.165, 1.54) is 31.4 Å². The first-order valence-electron chi connectivity index (χ1n) is 8.22. The number of hydrogen-bond donors (Lipinski definition) is 1. The lowest BCUT2D eigenvalue weighted by molar-refractivity contribution is 0.139. The van der Waals surface area contributed by atoms with Crippen LogP contribution in [0.2, 0.25) is 5.02 Å². The van der Waals surface area contributed by atoms with Crippen molar-refractivity contribution in [2.75, 3.05) is 37.6 Å². The number of halogens is 1. The highest BCUT2D eigenvalue weighted by molar-refractivity contribution is 6.30. The van der Waals surface area contributed by atoms with Crippen molar-refractivity contribution in [2.24, 2.45) is 11.7 Å². The summed E-state index contributed by atoms with van der Waals surface area (Å²) in [5, 5.41) is 0.807. The van der Waals surface area contributed by atoms with Gasteiger partial charge >= 0.3 is 0 Å². The molecule has 1 saturated carbocycles. The molecule has 0 aromatic heterocycles. The summed E-state index contributed by atoms with van der Waals surface area (Å²) in [7, 11) is 0.